The van der Waals surface area contributed by atoms with E-state index in [1.807, 2.05) is 13.0 Å². The Morgan fingerprint density at radius 2 is 2.40 bits per heavy atom. The van der Waals surface area contributed by atoms with Crippen molar-refractivity contribution in [2.75, 3.05) is 6.61 Å². The summed E-state index contributed by atoms with van der Waals surface area (Å²) >= 11 is 1.41. The second-order valence-corrected chi connectivity index (χ2v) is 3.92. The predicted octanol–water partition coefficient (Wildman–Crippen LogP) is 1.79. The molecule has 1 amide bonds. The van der Waals surface area contributed by atoms with Gasteiger partial charge in [-0.15, -0.1) is 0 Å². The fraction of sp³-hybridized carbons (Fsp3) is 0.200. The molecule has 0 saturated heterocycles. The maximum absolute atomic E-state index is 11.1. The normalized spacial score (nSPS) is 10.5. The summed E-state index contributed by atoms with van der Waals surface area (Å²) in [5.41, 5.74) is 6.31. The van der Waals surface area contributed by atoms with Crippen LogP contribution in [-0.4, -0.2) is 17.5 Å². The van der Waals surface area contributed by atoms with Crippen molar-refractivity contribution in [3.63, 3.8) is 0 Å². The maximum atomic E-state index is 11.1. The SMILES string of the molecule is CCOc1nc2c(C(N)=O)cccc2s1. The molecule has 78 valence electrons. The minimum Gasteiger partial charge on any atom is -0.470 e. The second kappa shape index (κ2) is 3.86. The average Bonchev–Trinajstić information content (AvgIpc) is 2.59. The second-order valence-electron chi connectivity index (χ2n) is 2.93. The molecule has 2 N–H and O–H groups in total. The van der Waals surface area contributed by atoms with E-state index in [1.165, 1.54) is 11.3 Å². The molecule has 0 saturated carbocycles. The number of carbonyl (C=O) groups excluding carboxylic acids is 1. The number of nitrogens with two attached hydrogens (primary N) is 1. The number of primary amides is 1. The fourth-order valence-electron chi connectivity index (χ4n) is 1.31. The Morgan fingerprint density at radius 1 is 1.60 bits per heavy atom. The van der Waals surface area contributed by atoms with Crippen LogP contribution in [0.4, 0.5) is 0 Å². The first-order valence-electron chi connectivity index (χ1n) is 4.54. The Balaban J connectivity index is 2.59. The number of nitrogens with zero attached hydrogens (tertiary/aromatic N) is 1. The molecule has 1 heterocycles. The summed E-state index contributed by atoms with van der Waals surface area (Å²) in [6.45, 7) is 2.45. The number of ether oxygens (including phenoxy) is 1. The number of amides is 1. The Bertz CT molecular complexity index is 507. The zero-order chi connectivity index (χ0) is 10.8. The van der Waals surface area contributed by atoms with E-state index in [4.69, 9.17) is 10.5 Å². The zero-order valence-corrected chi connectivity index (χ0v) is 9.00. The van der Waals surface area contributed by atoms with Crippen molar-refractivity contribution in [2.24, 2.45) is 5.73 Å². The number of fused-ring (bicyclic) bond motifs is 1. The molecule has 2 rings (SSSR count). The Morgan fingerprint density at radius 3 is 3.07 bits per heavy atom. The van der Waals surface area contributed by atoms with E-state index in [0.29, 0.717) is 22.9 Å². The molecule has 0 aliphatic carbocycles. The van der Waals surface area contributed by atoms with Gasteiger partial charge in [0, 0.05) is 0 Å². The Kier molecular flexibility index (Phi) is 2.55. The molecule has 0 radical (unpaired) electrons. The monoisotopic (exact) mass is 222 g/mol. The minimum atomic E-state index is -0.464. The molecule has 0 fully saturated rings. The van der Waals surface area contributed by atoms with Crippen molar-refractivity contribution in [1.82, 2.24) is 4.98 Å². The average molecular weight is 222 g/mol. The number of hydrogen-bond donors (Lipinski definition) is 1. The van der Waals surface area contributed by atoms with Gasteiger partial charge in [0.25, 0.3) is 11.1 Å². The van der Waals surface area contributed by atoms with Crippen molar-refractivity contribution >= 4 is 27.5 Å². The number of aromatic nitrogens is 1. The largest absolute Gasteiger partial charge is 0.470 e. The van der Waals surface area contributed by atoms with Gasteiger partial charge in [-0.05, 0) is 19.1 Å². The van der Waals surface area contributed by atoms with Crippen LogP contribution >= 0.6 is 11.3 Å². The lowest BCUT2D eigenvalue weighted by Crippen LogP contribution is -2.11. The summed E-state index contributed by atoms with van der Waals surface area (Å²) in [5.74, 6) is -0.464. The number of para-hydroxylation sites is 1. The van der Waals surface area contributed by atoms with Gasteiger partial charge in [0.05, 0.1) is 22.4 Å². The summed E-state index contributed by atoms with van der Waals surface area (Å²) in [5, 5.41) is 0.571. The maximum Gasteiger partial charge on any atom is 0.274 e. The Labute approximate surface area is 90.7 Å². The number of rotatable bonds is 3. The van der Waals surface area contributed by atoms with Crippen molar-refractivity contribution < 1.29 is 9.53 Å². The van der Waals surface area contributed by atoms with E-state index in [2.05, 4.69) is 4.98 Å². The van der Waals surface area contributed by atoms with Gasteiger partial charge >= 0.3 is 0 Å². The van der Waals surface area contributed by atoms with Crippen LogP contribution in [-0.2, 0) is 0 Å². The minimum absolute atomic E-state index is 0.440. The van der Waals surface area contributed by atoms with Gasteiger partial charge in [0.2, 0.25) is 0 Å². The molecule has 0 unspecified atom stereocenters. The molecule has 0 aliphatic rings. The summed E-state index contributed by atoms with van der Waals surface area (Å²) in [7, 11) is 0. The van der Waals surface area contributed by atoms with Gasteiger partial charge in [-0.1, -0.05) is 17.4 Å². The van der Waals surface area contributed by atoms with Crippen LogP contribution in [0.5, 0.6) is 5.19 Å². The summed E-state index contributed by atoms with van der Waals surface area (Å²) < 4.78 is 6.19. The van der Waals surface area contributed by atoms with E-state index < -0.39 is 5.91 Å². The lowest BCUT2D eigenvalue weighted by Gasteiger charge is -1.95. The van der Waals surface area contributed by atoms with Crippen molar-refractivity contribution in [2.45, 2.75) is 6.92 Å². The first kappa shape index (κ1) is 9.92. The van der Waals surface area contributed by atoms with Gasteiger partial charge in [0.15, 0.2) is 0 Å². The molecule has 4 nitrogen and oxygen atoms in total. The third kappa shape index (κ3) is 1.78. The third-order valence-electron chi connectivity index (χ3n) is 1.93. The van der Waals surface area contributed by atoms with Crippen LogP contribution < -0.4 is 10.5 Å². The summed E-state index contributed by atoms with van der Waals surface area (Å²) in [6, 6.07) is 5.35. The van der Waals surface area contributed by atoms with E-state index >= 15 is 0 Å². The number of hydrogen-bond acceptors (Lipinski definition) is 4. The lowest BCUT2D eigenvalue weighted by molar-refractivity contribution is 0.100. The van der Waals surface area contributed by atoms with Crippen LogP contribution in [0.25, 0.3) is 10.2 Å². The first-order chi connectivity index (χ1) is 7.22. The van der Waals surface area contributed by atoms with Crippen LogP contribution in [0.3, 0.4) is 0 Å². The van der Waals surface area contributed by atoms with Crippen molar-refractivity contribution in [3.8, 4) is 5.19 Å². The van der Waals surface area contributed by atoms with Crippen LogP contribution in [0, 0.1) is 0 Å². The number of carbonyl (C=O) groups is 1. The third-order valence-corrected chi connectivity index (χ3v) is 2.87. The topological polar surface area (TPSA) is 65.2 Å². The molecular formula is C10H10N2O2S. The van der Waals surface area contributed by atoms with Crippen LogP contribution in [0.1, 0.15) is 17.3 Å². The highest BCUT2D eigenvalue weighted by Gasteiger charge is 2.11. The molecule has 1 aromatic heterocycles. The zero-order valence-electron chi connectivity index (χ0n) is 8.19. The molecule has 5 heteroatoms. The highest BCUT2D eigenvalue weighted by Crippen LogP contribution is 2.29. The standard InChI is InChI=1S/C10H10N2O2S/c1-2-14-10-12-8-6(9(11)13)4-3-5-7(8)15-10/h3-5H,2H2,1H3,(H2,11,13). The van der Waals surface area contributed by atoms with Crippen molar-refractivity contribution in [1.29, 1.82) is 0 Å². The highest BCUT2D eigenvalue weighted by molar-refractivity contribution is 7.20. The number of benzene rings is 1. The highest BCUT2D eigenvalue weighted by atomic mass is 32.1. The fourth-order valence-corrected chi connectivity index (χ4v) is 2.21. The summed E-state index contributed by atoms with van der Waals surface area (Å²) in [4.78, 5) is 15.3. The van der Waals surface area contributed by atoms with Gasteiger partial charge in [0.1, 0.15) is 0 Å². The van der Waals surface area contributed by atoms with Gasteiger partial charge in [-0.3, -0.25) is 4.79 Å². The predicted molar refractivity (Wildman–Crippen MR) is 59.3 cm³/mol. The van der Waals surface area contributed by atoms with Crippen molar-refractivity contribution in [3.05, 3.63) is 23.8 Å². The first-order valence-corrected chi connectivity index (χ1v) is 5.36. The molecule has 0 atom stereocenters. The molecule has 0 spiro atoms. The molecule has 0 bridgehead atoms. The molecule has 1 aromatic carbocycles. The smallest absolute Gasteiger partial charge is 0.274 e. The van der Waals surface area contributed by atoms with E-state index in [0.717, 1.165) is 4.70 Å². The van der Waals surface area contributed by atoms with E-state index in [1.54, 1.807) is 12.1 Å². The van der Waals surface area contributed by atoms with Gasteiger partial charge in [-0.2, -0.15) is 0 Å². The summed E-state index contributed by atoms with van der Waals surface area (Å²) in [6.07, 6.45) is 0. The lowest BCUT2D eigenvalue weighted by atomic mass is 10.2. The Hall–Kier alpha value is -1.62. The van der Waals surface area contributed by atoms with Crippen LogP contribution in [0.2, 0.25) is 0 Å². The molecule has 2 aromatic rings. The molecular weight excluding hydrogens is 212 g/mol. The molecule has 15 heavy (non-hydrogen) atoms. The van der Waals surface area contributed by atoms with E-state index in [-0.39, 0.29) is 0 Å². The quantitative estimate of drug-likeness (QED) is 0.861. The number of thiazole rings is 1. The molecule has 0 aliphatic heterocycles. The van der Waals surface area contributed by atoms with Gasteiger partial charge in [-0.25, -0.2) is 4.98 Å². The van der Waals surface area contributed by atoms with Crippen LogP contribution in [0.15, 0.2) is 18.2 Å². The van der Waals surface area contributed by atoms with E-state index in [9.17, 15) is 4.79 Å². The van der Waals surface area contributed by atoms with Gasteiger partial charge < -0.3 is 10.5 Å².